The fourth-order valence-electron chi connectivity index (χ4n) is 2.04. The Morgan fingerprint density at radius 3 is 2.56 bits per heavy atom. The summed E-state index contributed by atoms with van der Waals surface area (Å²) in [5, 5.41) is 11.2. The molecule has 0 bridgehead atoms. The zero-order valence-corrected chi connectivity index (χ0v) is 10.1. The van der Waals surface area contributed by atoms with E-state index in [1.807, 2.05) is 6.92 Å². The summed E-state index contributed by atoms with van der Waals surface area (Å²) in [7, 11) is 0. The molecular weight excluding hydrogens is 208 g/mol. The van der Waals surface area contributed by atoms with E-state index in [-0.39, 0.29) is 12.1 Å². The SMILES string of the molecule is CC1CCN(C(=O)NC(C)C(=O)O)C(C)C1. The lowest BCUT2D eigenvalue weighted by Crippen LogP contribution is -2.52. The van der Waals surface area contributed by atoms with E-state index in [0.717, 1.165) is 12.8 Å². The van der Waals surface area contributed by atoms with Gasteiger partial charge in [0.15, 0.2) is 0 Å². The Morgan fingerprint density at radius 2 is 2.06 bits per heavy atom. The zero-order valence-electron chi connectivity index (χ0n) is 10.1. The van der Waals surface area contributed by atoms with Crippen LogP contribution >= 0.6 is 0 Å². The van der Waals surface area contributed by atoms with E-state index in [0.29, 0.717) is 12.5 Å². The van der Waals surface area contributed by atoms with Gasteiger partial charge in [0.2, 0.25) is 0 Å². The van der Waals surface area contributed by atoms with Crippen molar-refractivity contribution < 1.29 is 14.7 Å². The number of piperidine rings is 1. The lowest BCUT2D eigenvalue weighted by atomic mass is 9.94. The van der Waals surface area contributed by atoms with Gasteiger partial charge in [-0.15, -0.1) is 0 Å². The maximum Gasteiger partial charge on any atom is 0.325 e. The van der Waals surface area contributed by atoms with Crippen LogP contribution in [0.5, 0.6) is 0 Å². The number of urea groups is 1. The van der Waals surface area contributed by atoms with Crippen molar-refractivity contribution in [2.75, 3.05) is 6.54 Å². The number of likely N-dealkylation sites (tertiary alicyclic amines) is 1. The molecule has 0 aromatic heterocycles. The van der Waals surface area contributed by atoms with Crippen LogP contribution in [-0.2, 0) is 4.79 Å². The van der Waals surface area contributed by atoms with Gasteiger partial charge in [0.1, 0.15) is 6.04 Å². The molecule has 0 aromatic rings. The molecule has 3 atom stereocenters. The molecule has 2 N–H and O–H groups in total. The second-order valence-corrected chi connectivity index (χ2v) is 4.68. The maximum atomic E-state index is 11.8. The highest BCUT2D eigenvalue weighted by molar-refractivity contribution is 5.82. The zero-order chi connectivity index (χ0) is 12.3. The molecule has 0 aliphatic carbocycles. The Morgan fingerprint density at radius 1 is 1.44 bits per heavy atom. The molecule has 3 unspecified atom stereocenters. The van der Waals surface area contributed by atoms with Crippen molar-refractivity contribution in [3.63, 3.8) is 0 Å². The van der Waals surface area contributed by atoms with E-state index < -0.39 is 12.0 Å². The van der Waals surface area contributed by atoms with E-state index in [4.69, 9.17) is 5.11 Å². The summed E-state index contributed by atoms with van der Waals surface area (Å²) in [4.78, 5) is 24.1. The molecule has 1 aliphatic heterocycles. The number of carbonyl (C=O) groups excluding carboxylic acids is 1. The molecule has 1 aliphatic rings. The van der Waals surface area contributed by atoms with Crippen LogP contribution in [0.15, 0.2) is 0 Å². The van der Waals surface area contributed by atoms with Gasteiger partial charge >= 0.3 is 12.0 Å². The summed E-state index contributed by atoms with van der Waals surface area (Å²) in [5.74, 6) is -0.373. The Hall–Kier alpha value is -1.26. The first-order chi connectivity index (χ1) is 7.41. The average molecular weight is 228 g/mol. The summed E-state index contributed by atoms with van der Waals surface area (Å²) in [6, 6.07) is -0.918. The third-order valence-electron chi connectivity index (χ3n) is 3.11. The fraction of sp³-hybridized carbons (Fsp3) is 0.818. The Balaban J connectivity index is 2.51. The molecule has 0 saturated carbocycles. The first kappa shape index (κ1) is 12.8. The number of carboxylic acids is 1. The first-order valence-electron chi connectivity index (χ1n) is 5.71. The predicted octanol–water partition coefficient (Wildman–Crippen LogP) is 1.29. The summed E-state index contributed by atoms with van der Waals surface area (Å²) >= 11 is 0. The Labute approximate surface area is 95.8 Å². The molecule has 5 nitrogen and oxygen atoms in total. The minimum absolute atomic E-state index is 0.185. The Bertz CT molecular complexity index is 280. The average Bonchev–Trinajstić information content (AvgIpc) is 2.16. The van der Waals surface area contributed by atoms with Crippen molar-refractivity contribution in [3.05, 3.63) is 0 Å². The minimum atomic E-state index is -1.01. The van der Waals surface area contributed by atoms with Crippen molar-refractivity contribution in [2.45, 2.75) is 45.7 Å². The van der Waals surface area contributed by atoms with E-state index in [9.17, 15) is 9.59 Å². The van der Waals surface area contributed by atoms with Crippen molar-refractivity contribution in [1.29, 1.82) is 0 Å². The molecule has 0 aromatic carbocycles. The first-order valence-corrected chi connectivity index (χ1v) is 5.71. The standard InChI is InChI=1S/C11H20N2O3/c1-7-4-5-13(8(2)6-7)11(16)12-9(3)10(14)15/h7-9H,4-6H2,1-3H3,(H,12,16)(H,14,15). The fourth-order valence-corrected chi connectivity index (χ4v) is 2.04. The Kier molecular flexibility index (Phi) is 4.15. The molecule has 1 heterocycles. The highest BCUT2D eigenvalue weighted by Gasteiger charge is 2.28. The van der Waals surface area contributed by atoms with Gasteiger partial charge in [-0.05, 0) is 32.6 Å². The molecule has 16 heavy (non-hydrogen) atoms. The van der Waals surface area contributed by atoms with Crippen LogP contribution in [0.2, 0.25) is 0 Å². The third-order valence-corrected chi connectivity index (χ3v) is 3.11. The van der Waals surface area contributed by atoms with Crippen molar-refractivity contribution >= 4 is 12.0 Å². The third kappa shape index (κ3) is 3.12. The summed E-state index contributed by atoms with van der Waals surface area (Å²) in [5.41, 5.74) is 0. The highest BCUT2D eigenvalue weighted by Crippen LogP contribution is 2.21. The molecule has 0 spiro atoms. The van der Waals surface area contributed by atoms with Gasteiger partial charge in [0.05, 0.1) is 0 Å². The molecule has 92 valence electrons. The quantitative estimate of drug-likeness (QED) is 0.748. The normalized spacial score (nSPS) is 27.3. The molecule has 5 heteroatoms. The van der Waals surface area contributed by atoms with Gasteiger partial charge in [-0.25, -0.2) is 4.79 Å². The lowest BCUT2D eigenvalue weighted by Gasteiger charge is -2.36. The number of rotatable bonds is 2. The van der Waals surface area contributed by atoms with Crippen molar-refractivity contribution in [1.82, 2.24) is 10.2 Å². The van der Waals surface area contributed by atoms with Crippen LogP contribution in [0.3, 0.4) is 0 Å². The van der Waals surface area contributed by atoms with Gasteiger partial charge in [0, 0.05) is 12.6 Å². The van der Waals surface area contributed by atoms with Crippen molar-refractivity contribution in [3.8, 4) is 0 Å². The van der Waals surface area contributed by atoms with Crippen LogP contribution in [0.1, 0.15) is 33.6 Å². The summed E-state index contributed by atoms with van der Waals surface area (Å²) in [6.45, 7) is 6.35. The van der Waals surface area contributed by atoms with Crippen LogP contribution in [0, 0.1) is 5.92 Å². The van der Waals surface area contributed by atoms with Gasteiger partial charge in [0.25, 0.3) is 0 Å². The number of amides is 2. The maximum absolute atomic E-state index is 11.8. The number of carboxylic acid groups (broad SMARTS) is 1. The molecule has 1 saturated heterocycles. The van der Waals surface area contributed by atoms with Crippen molar-refractivity contribution in [2.24, 2.45) is 5.92 Å². The number of hydrogen-bond acceptors (Lipinski definition) is 2. The number of aliphatic carboxylic acids is 1. The molecule has 1 rings (SSSR count). The number of hydrogen-bond donors (Lipinski definition) is 2. The molecule has 2 amide bonds. The molecule has 1 fully saturated rings. The monoisotopic (exact) mass is 228 g/mol. The largest absolute Gasteiger partial charge is 0.480 e. The van der Waals surface area contributed by atoms with Crippen LogP contribution in [0.4, 0.5) is 4.79 Å². The van der Waals surface area contributed by atoms with E-state index in [1.54, 1.807) is 4.90 Å². The van der Waals surface area contributed by atoms with E-state index in [2.05, 4.69) is 12.2 Å². The smallest absolute Gasteiger partial charge is 0.325 e. The van der Waals surface area contributed by atoms with Crippen LogP contribution in [0.25, 0.3) is 0 Å². The number of carbonyl (C=O) groups is 2. The molecule has 0 radical (unpaired) electrons. The topological polar surface area (TPSA) is 69.6 Å². The van der Waals surface area contributed by atoms with Gasteiger partial charge in [-0.1, -0.05) is 6.92 Å². The van der Waals surface area contributed by atoms with Crippen LogP contribution in [-0.4, -0.2) is 40.6 Å². The number of nitrogens with zero attached hydrogens (tertiary/aromatic N) is 1. The number of nitrogens with one attached hydrogen (secondary N) is 1. The van der Waals surface area contributed by atoms with E-state index >= 15 is 0 Å². The molecular formula is C11H20N2O3. The van der Waals surface area contributed by atoms with Crippen LogP contribution < -0.4 is 5.32 Å². The second-order valence-electron chi connectivity index (χ2n) is 4.68. The van der Waals surface area contributed by atoms with E-state index in [1.165, 1.54) is 6.92 Å². The second kappa shape index (κ2) is 5.18. The minimum Gasteiger partial charge on any atom is -0.480 e. The predicted molar refractivity (Wildman–Crippen MR) is 60.2 cm³/mol. The van der Waals surface area contributed by atoms with Gasteiger partial charge in [-0.2, -0.15) is 0 Å². The lowest BCUT2D eigenvalue weighted by molar-refractivity contribution is -0.138. The summed E-state index contributed by atoms with van der Waals surface area (Å²) < 4.78 is 0. The van der Waals surface area contributed by atoms with Gasteiger partial charge < -0.3 is 15.3 Å². The summed E-state index contributed by atoms with van der Waals surface area (Å²) in [6.07, 6.45) is 1.97. The van der Waals surface area contributed by atoms with Gasteiger partial charge in [-0.3, -0.25) is 4.79 Å². The highest BCUT2D eigenvalue weighted by atomic mass is 16.4.